The molecule has 0 radical (unpaired) electrons. The van der Waals surface area contributed by atoms with Gasteiger partial charge in [-0.25, -0.2) is 0 Å². The Labute approximate surface area is 76.2 Å². The molecule has 0 saturated carbocycles. The summed E-state index contributed by atoms with van der Waals surface area (Å²) in [5.74, 6) is 0. The first-order chi connectivity index (χ1) is 4.84. The molecule has 0 bridgehead atoms. The maximum atomic E-state index is 5.71. The van der Waals surface area contributed by atoms with Gasteiger partial charge in [0.15, 0.2) is 0 Å². The van der Waals surface area contributed by atoms with Crippen LogP contribution in [0.2, 0.25) is 0 Å². The van der Waals surface area contributed by atoms with E-state index in [1.54, 1.807) is 21.3 Å². The third-order valence-electron chi connectivity index (χ3n) is 1.11. The van der Waals surface area contributed by atoms with E-state index in [1.165, 1.54) is 0 Å². The van der Waals surface area contributed by atoms with Crippen LogP contribution in [0.15, 0.2) is 24.5 Å². The summed E-state index contributed by atoms with van der Waals surface area (Å²) < 4.78 is 0. The Hall–Kier alpha value is 0.190. The lowest BCUT2D eigenvalue weighted by Gasteiger charge is -2.04. The number of nitrogens with zero attached hydrogens (tertiary/aromatic N) is 1. The van der Waals surface area contributed by atoms with Crippen molar-refractivity contribution in [3.63, 3.8) is 0 Å². The van der Waals surface area contributed by atoms with Crippen molar-refractivity contribution < 1.29 is 0 Å². The number of nitrogens with two attached hydrogens (primary N) is 1. The van der Waals surface area contributed by atoms with E-state index in [2.05, 4.69) is 26.2 Å². The molecule has 0 saturated heterocycles. The maximum Gasteiger partial charge on any atom is 0.0879 e. The van der Waals surface area contributed by atoms with Gasteiger partial charge in [0, 0.05) is 12.4 Å². The molecule has 1 heterocycles. The van der Waals surface area contributed by atoms with Gasteiger partial charge in [0.2, 0.25) is 0 Å². The zero-order valence-electron chi connectivity index (χ0n) is 5.20. The molecule has 10 heavy (non-hydrogen) atoms. The van der Waals surface area contributed by atoms with Crippen LogP contribution in [0.25, 0.3) is 0 Å². The first-order valence-electron chi connectivity index (χ1n) is 2.77. The van der Waals surface area contributed by atoms with E-state index in [-0.39, 0.29) is 5.37 Å². The van der Waals surface area contributed by atoms with Crippen LogP contribution in [0.5, 0.6) is 0 Å². The molecular formula is C6H7IN2S. The third-order valence-corrected chi connectivity index (χ3v) is 3.22. The molecule has 0 aliphatic rings. The number of halogens is 1. The lowest BCUT2D eigenvalue weighted by atomic mass is 10.3. The van der Waals surface area contributed by atoms with Crippen LogP contribution in [0, 0.1) is 0 Å². The quantitative estimate of drug-likeness (QED) is 0.658. The molecule has 1 rings (SSSR count). The topological polar surface area (TPSA) is 38.9 Å². The van der Waals surface area contributed by atoms with Crippen LogP contribution < -0.4 is 5.73 Å². The summed E-state index contributed by atoms with van der Waals surface area (Å²) in [6.07, 6.45) is 3.53. The summed E-state index contributed by atoms with van der Waals surface area (Å²) >= 11 is 2.18. The maximum absolute atomic E-state index is 5.71. The Morgan fingerprint density at radius 2 is 2.50 bits per heavy atom. The molecule has 1 atom stereocenters. The van der Waals surface area contributed by atoms with Crippen LogP contribution in [-0.4, -0.2) is 4.98 Å². The zero-order valence-corrected chi connectivity index (χ0v) is 8.17. The van der Waals surface area contributed by atoms with Gasteiger partial charge in [-0.2, -0.15) is 0 Å². The second-order valence-electron chi connectivity index (χ2n) is 1.80. The standard InChI is InChI=1S/C6H7IN2S/c7-10-6(8)5-2-1-3-9-4-5/h1-4,6H,8H2. The second kappa shape index (κ2) is 4.15. The number of aromatic nitrogens is 1. The van der Waals surface area contributed by atoms with E-state index in [9.17, 15) is 0 Å². The van der Waals surface area contributed by atoms with Crippen molar-refractivity contribution in [3.8, 4) is 0 Å². The molecule has 0 fully saturated rings. The second-order valence-corrected chi connectivity index (χ2v) is 4.01. The van der Waals surface area contributed by atoms with E-state index in [4.69, 9.17) is 5.73 Å². The lowest BCUT2D eigenvalue weighted by Crippen LogP contribution is -2.03. The average molecular weight is 266 g/mol. The van der Waals surface area contributed by atoms with E-state index in [1.807, 2.05) is 12.1 Å². The zero-order chi connectivity index (χ0) is 7.40. The van der Waals surface area contributed by atoms with Crippen molar-refractivity contribution in [1.82, 2.24) is 4.98 Å². The molecule has 0 amide bonds. The van der Waals surface area contributed by atoms with Crippen LogP contribution in [0.3, 0.4) is 0 Å². The van der Waals surface area contributed by atoms with Crippen molar-refractivity contribution in [2.24, 2.45) is 5.73 Å². The fourth-order valence-corrected chi connectivity index (χ4v) is 1.72. The molecule has 1 unspecified atom stereocenters. The summed E-state index contributed by atoms with van der Waals surface area (Å²) in [5.41, 5.74) is 6.78. The first-order valence-corrected chi connectivity index (χ1v) is 6.19. The Morgan fingerprint density at radius 3 is 3.00 bits per heavy atom. The minimum absolute atomic E-state index is 0.0503. The van der Waals surface area contributed by atoms with Crippen molar-refractivity contribution in [2.45, 2.75) is 5.37 Å². The normalized spacial score (nSPS) is 13.0. The van der Waals surface area contributed by atoms with Gasteiger partial charge in [-0.3, -0.25) is 4.98 Å². The van der Waals surface area contributed by atoms with E-state index < -0.39 is 0 Å². The summed E-state index contributed by atoms with van der Waals surface area (Å²) in [4.78, 5) is 3.96. The average Bonchev–Trinajstić information content (AvgIpc) is 2.05. The Kier molecular flexibility index (Phi) is 3.44. The molecule has 1 aromatic rings. The summed E-state index contributed by atoms with van der Waals surface area (Å²) in [5, 5.41) is 0.0503. The van der Waals surface area contributed by atoms with Crippen LogP contribution >= 0.6 is 30.1 Å². The van der Waals surface area contributed by atoms with Gasteiger partial charge in [0.25, 0.3) is 0 Å². The lowest BCUT2D eigenvalue weighted by molar-refractivity contribution is 1.02. The van der Waals surface area contributed by atoms with Crippen LogP contribution in [0.4, 0.5) is 0 Å². The van der Waals surface area contributed by atoms with E-state index in [0.717, 1.165) is 5.56 Å². The highest BCUT2D eigenvalue weighted by atomic mass is 127. The minimum atomic E-state index is 0.0503. The van der Waals surface area contributed by atoms with Crippen molar-refractivity contribution in [2.75, 3.05) is 0 Å². The summed E-state index contributed by atoms with van der Waals surface area (Å²) in [6.45, 7) is 0. The molecule has 2 N–H and O–H groups in total. The van der Waals surface area contributed by atoms with E-state index in [0.29, 0.717) is 0 Å². The van der Waals surface area contributed by atoms with Crippen molar-refractivity contribution in [3.05, 3.63) is 30.1 Å². The first kappa shape index (κ1) is 8.29. The molecular weight excluding hydrogens is 259 g/mol. The summed E-state index contributed by atoms with van der Waals surface area (Å²) in [7, 11) is 1.59. The fraction of sp³-hybridized carbons (Fsp3) is 0.167. The van der Waals surface area contributed by atoms with Crippen molar-refractivity contribution in [1.29, 1.82) is 0 Å². The summed E-state index contributed by atoms with van der Waals surface area (Å²) in [6, 6.07) is 3.87. The molecule has 0 spiro atoms. The van der Waals surface area contributed by atoms with Gasteiger partial charge in [-0.1, -0.05) is 15.0 Å². The SMILES string of the molecule is NC(SI)c1cccnc1. The van der Waals surface area contributed by atoms with Gasteiger partial charge < -0.3 is 5.73 Å². The number of rotatable bonds is 2. The Balaban J connectivity index is 2.75. The smallest absolute Gasteiger partial charge is 0.0879 e. The molecule has 0 aliphatic heterocycles. The largest absolute Gasteiger partial charge is 0.315 e. The van der Waals surface area contributed by atoms with Gasteiger partial charge >= 0.3 is 0 Å². The number of hydrogen-bond donors (Lipinski definition) is 1. The van der Waals surface area contributed by atoms with Gasteiger partial charge in [0.05, 0.1) is 5.37 Å². The van der Waals surface area contributed by atoms with Gasteiger partial charge in [0.1, 0.15) is 0 Å². The monoisotopic (exact) mass is 266 g/mol. The Morgan fingerprint density at radius 1 is 1.70 bits per heavy atom. The predicted molar refractivity (Wildman–Crippen MR) is 52.8 cm³/mol. The molecule has 1 aromatic heterocycles. The van der Waals surface area contributed by atoms with E-state index >= 15 is 0 Å². The van der Waals surface area contributed by atoms with Crippen LogP contribution in [-0.2, 0) is 0 Å². The number of hydrogen-bond acceptors (Lipinski definition) is 3. The molecule has 54 valence electrons. The van der Waals surface area contributed by atoms with Crippen molar-refractivity contribution >= 4 is 30.1 Å². The highest BCUT2D eigenvalue weighted by Crippen LogP contribution is 2.27. The molecule has 4 heteroatoms. The molecule has 0 aliphatic carbocycles. The highest BCUT2D eigenvalue weighted by molar-refractivity contribution is 14.2. The number of pyridine rings is 1. The highest BCUT2D eigenvalue weighted by Gasteiger charge is 2.01. The predicted octanol–water partition coefficient (Wildman–Crippen LogP) is 2.12. The third kappa shape index (κ3) is 2.10. The molecule has 2 nitrogen and oxygen atoms in total. The van der Waals surface area contributed by atoms with Gasteiger partial charge in [-0.15, -0.1) is 0 Å². The Bertz CT molecular complexity index is 192. The van der Waals surface area contributed by atoms with Crippen LogP contribution in [0.1, 0.15) is 10.9 Å². The molecule has 0 aromatic carbocycles. The minimum Gasteiger partial charge on any atom is -0.315 e. The van der Waals surface area contributed by atoms with Gasteiger partial charge in [-0.05, 0) is 32.8 Å². The fourth-order valence-electron chi connectivity index (χ4n) is 0.596.